The normalized spacial score (nSPS) is 13.3. The average molecular weight is 396 g/mol. The topological polar surface area (TPSA) is 93.0 Å². The second kappa shape index (κ2) is 7.27. The Morgan fingerprint density at radius 2 is 1.89 bits per heavy atom. The number of aromatic nitrogens is 4. The molecular formula is C18H19F3N4O3. The first-order valence-electron chi connectivity index (χ1n) is 8.55. The number of nitrogens with zero attached hydrogens (tertiary/aromatic N) is 3. The zero-order valence-electron chi connectivity index (χ0n) is 15.4. The minimum Gasteiger partial charge on any atom is -0.406 e. The molecule has 2 heterocycles. The average Bonchev–Trinajstić information content (AvgIpc) is 2.93. The quantitative estimate of drug-likeness (QED) is 0.692. The van der Waals surface area contributed by atoms with E-state index in [9.17, 15) is 23.1 Å². The number of halogens is 3. The predicted octanol–water partition coefficient (Wildman–Crippen LogP) is 3.06. The van der Waals surface area contributed by atoms with Gasteiger partial charge in [-0.3, -0.25) is 4.79 Å². The molecule has 0 radical (unpaired) electrons. The van der Waals surface area contributed by atoms with Crippen LogP contribution in [0.3, 0.4) is 0 Å². The Labute approximate surface area is 157 Å². The van der Waals surface area contributed by atoms with Crippen LogP contribution < -0.4 is 10.3 Å². The van der Waals surface area contributed by atoms with Gasteiger partial charge in [-0.15, -0.1) is 13.2 Å². The second-order valence-corrected chi connectivity index (χ2v) is 6.71. The Morgan fingerprint density at radius 3 is 2.43 bits per heavy atom. The van der Waals surface area contributed by atoms with Crippen molar-refractivity contribution in [2.75, 3.05) is 0 Å². The van der Waals surface area contributed by atoms with Crippen molar-refractivity contribution in [2.24, 2.45) is 5.92 Å². The molecular weight excluding hydrogens is 377 g/mol. The number of aromatic amines is 1. The zero-order chi connectivity index (χ0) is 20.6. The third kappa shape index (κ3) is 3.86. The number of alkyl halides is 3. The fraction of sp³-hybridized carbons (Fsp3) is 0.389. The Hall–Kier alpha value is -2.88. The van der Waals surface area contributed by atoms with E-state index < -0.39 is 24.6 Å². The summed E-state index contributed by atoms with van der Waals surface area (Å²) in [6.07, 6.45) is -4.77. The van der Waals surface area contributed by atoms with Gasteiger partial charge in [-0.2, -0.15) is 5.10 Å². The Morgan fingerprint density at radius 1 is 1.25 bits per heavy atom. The van der Waals surface area contributed by atoms with Gasteiger partial charge in [-0.05, 0) is 30.5 Å². The van der Waals surface area contributed by atoms with E-state index >= 15 is 0 Å². The molecule has 28 heavy (non-hydrogen) atoms. The molecule has 0 fully saturated rings. The van der Waals surface area contributed by atoms with Crippen molar-refractivity contribution in [2.45, 2.75) is 39.8 Å². The van der Waals surface area contributed by atoms with Crippen LogP contribution in [0.5, 0.6) is 5.75 Å². The van der Waals surface area contributed by atoms with Gasteiger partial charge in [0.15, 0.2) is 5.65 Å². The van der Waals surface area contributed by atoms with Crippen molar-refractivity contribution >= 4 is 11.0 Å². The highest BCUT2D eigenvalue weighted by Crippen LogP contribution is 2.31. The highest BCUT2D eigenvalue weighted by molar-refractivity contribution is 5.77. The van der Waals surface area contributed by atoms with E-state index in [4.69, 9.17) is 0 Å². The van der Waals surface area contributed by atoms with E-state index in [0.29, 0.717) is 17.0 Å². The van der Waals surface area contributed by atoms with Crippen LogP contribution in [0.1, 0.15) is 37.0 Å². The molecule has 0 amide bonds. The largest absolute Gasteiger partial charge is 0.573 e. The summed E-state index contributed by atoms with van der Waals surface area (Å²) in [6.45, 7) is 5.01. The van der Waals surface area contributed by atoms with Crippen LogP contribution in [0.25, 0.3) is 11.0 Å². The van der Waals surface area contributed by atoms with E-state index in [-0.39, 0.29) is 22.7 Å². The number of hydrogen-bond donors (Lipinski definition) is 2. The molecule has 2 N–H and O–H groups in total. The summed E-state index contributed by atoms with van der Waals surface area (Å²) in [4.78, 5) is 19.3. The van der Waals surface area contributed by atoms with Gasteiger partial charge < -0.3 is 14.8 Å². The molecule has 2 aromatic heterocycles. The van der Waals surface area contributed by atoms with Crippen LogP contribution in [-0.2, 0) is 6.61 Å². The first-order valence-corrected chi connectivity index (χ1v) is 8.55. The lowest BCUT2D eigenvalue weighted by Crippen LogP contribution is -2.20. The SMILES string of the molecule is Cc1nc2c(c(CO)nn2[C@H](c2ccc(OC(F)(F)F)cc2)C(C)C)c(=O)[nH]1. The Balaban J connectivity index is 2.12. The molecule has 150 valence electrons. The predicted molar refractivity (Wildman–Crippen MR) is 94.9 cm³/mol. The van der Waals surface area contributed by atoms with Crippen molar-refractivity contribution in [3.05, 3.63) is 51.7 Å². The zero-order valence-corrected chi connectivity index (χ0v) is 15.4. The highest BCUT2D eigenvalue weighted by Gasteiger charge is 2.31. The van der Waals surface area contributed by atoms with E-state index in [1.165, 1.54) is 28.9 Å². The first-order chi connectivity index (χ1) is 13.1. The summed E-state index contributed by atoms with van der Waals surface area (Å²) < 4.78 is 42.6. The van der Waals surface area contributed by atoms with Gasteiger partial charge in [-0.1, -0.05) is 26.0 Å². The van der Waals surface area contributed by atoms with Crippen LogP contribution in [0.2, 0.25) is 0 Å². The Kier molecular flexibility index (Phi) is 5.16. The first kappa shape index (κ1) is 19.9. The van der Waals surface area contributed by atoms with E-state index in [2.05, 4.69) is 19.8 Å². The van der Waals surface area contributed by atoms with Crippen molar-refractivity contribution in [3.8, 4) is 5.75 Å². The number of ether oxygens (including phenoxy) is 1. The summed E-state index contributed by atoms with van der Waals surface area (Å²) >= 11 is 0. The highest BCUT2D eigenvalue weighted by atomic mass is 19.4. The molecule has 0 aliphatic carbocycles. The molecule has 0 spiro atoms. The minimum absolute atomic E-state index is 0.0366. The van der Waals surface area contributed by atoms with Gasteiger partial charge in [0.25, 0.3) is 5.56 Å². The summed E-state index contributed by atoms with van der Waals surface area (Å²) in [5.41, 5.74) is 0.749. The van der Waals surface area contributed by atoms with Crippen molar-refractivity contribution < 1.29 is 23.0 Å². The molecule has 0 bridgehead atoms. The summed E-state index contributed by atoms with van der Waals surface area (Å²) in [5, 5.41) is 14.2. The van der Waals surface area contributed by atoms with Crippen molar-refractivity contribution in [3.63, 3.8) is 0 Å². The van der Waals surface area contributed by atoms with Gasteiger partial charge >= 0.3 is 6.36 Å². The molecule has 10 heteroatoms. The van der Waals surface area contributed by atoms with Gasteiger partial charge in [0.05, 0.1) is 12.6 Å². The second-order valence-electron chi connectivity index (χ2n) is 6.71. The maximum absolute atomic E-state index is 12.4. The van der Waals surface area contributed by atoms with Gasteiger partial charge in [0, 0.05) is 0 Å². The molecule has 7 nitrogen and oxygen atoms in total. The standard InChI is InChI=1S/C18H19F3N4O3/c1-9(2)15(11-4-6-12(7-5-11)28-18(19,20)21)25-16-14(13(8-26)24-25)17(27)23-10(3)22-16/h4-7,9,15,26H,8H2,1-3H3,(H,22,23,27)/t15-/m0/s1. The Bertz CT molecular complexity index is 1040. The van der Waals surface area contributed by atoms with E-state index in [1.807, 2.05) is 13.8 Å². The molecule has 0 aliphatic heterocycles. The van der Waals surface area contributed by atoms with Crippen LogP contribution in [0, 0.1) is 12.8 Å². The number of benzene rings is 1. The van der Waals surface area contributed by atoms with Crippen molar-refractivity contribution in [1.82, 2.24) is 19.7 Å². The third-order valence-electron chi connectivity index (χ3n) is 4.25. The van der Waals surface area contributed by atoms with Crippen LogP contribution in [0.15, 0.2) is 29.1 Å². The number of aliphatic hydroxyl groups excluding tert-OH is 1. The molecule has 0 aliphatic rings. The van der Waals surface area contributed by atoms with E-state index in [1.54, 1.807) is 6.92 Å². The molecule has 3 aromatic rings. The van der Waals surface area contributed by atoms with Crippen LogP contribution >= 0.6 is 0 Å². The number of aryl methyl sites for hydroxylation is 1. The smallest absolute Gasteiger partial charge is 0.406 e. The molecule has 0 saturated carbocycles. The molecule has 0 unspecified atom stereocenters. The number of fused-ring (bicyclic) bond motifs is 1. The number of nitrogens with one attached hydrogen (secondary N) is 1. The molecule has 1 atom stereocenters. The summed E-state index contributed by atoms with van der Waals surface area (Å²) in [7, 11) is 0. The summed E-state index contributed by atoms with van der Waals surface area (Å²) in [6, 6.07) is 5.05. The van der Waals surface area contributed by atoms with Crippen LogP contribution in [0.4, 0.5) is 13.2 Å². The van der Waals surface area contributed by atoms with Crippen LogP contribution in [-0.4, -0.2) is 31.2 Å². The fourth-order valence-corrected chi connectivity index (χ4v) is 3.20. The van der Waals surface area contributed by atoms with Gasteiger partial charge in [0.2, 0.25) is 0 Å². The summed E-state index contributed by atoms with van der Waals surface area (Å²) in [5.74, 6) is 0.0236. The van der Waals surface area contributed by atoms with Gasteiger partial charge in [0.1, 0.15) is 22.7 Å². The molecule has 1 aromatic carbocycles. The monoisotopic (exact) mass is 396 g/mol. The third-order valence-corrected chi connectivity index (χ3v) is 4.25. The molecule has 3 rings (SSSR count). The number of hydrogen-bond acceptors (Lipinski definition) is 5. The maximum atomic E-state index is 12.4. The van der Waals surface area contributed by atoms with E-state index in [0.717, 1.165) is 0 Å². The fourth-order valence-electron chi connectivity index (χ4n) is 3.20. The van der Waals surface area contributed by atoms with Gasteiger partial charge in [-0.25, -0.2) is 9.67 Å². The lowest BCUT2D eigenvalue weighted by molar-refractivity contribution is -0.274. The number of H-pyrrole nitrogens is 1. The lowest BCUT2D eigenvalue weighted by atomic mass is 9.96. The minimum atomic E-state index is -4.77. The number of aliphatic hydroxyl groups is 1. The lowest BCUT2D eigenvalue weighted by Gasteiger charge is -2.23. The van der Waals surface area contributed by atoms with Crippen molar-refractivity contribution in [1.29, 1.82) is 0 Å². The number of rotatable bonds is 5. The maximum Gasteiger partial charge on any atom is 0.573 e. The molecule has 0 saturated heterocycles.